The van der Waals surface area contributed by atoms with Gasteiger partial charge in [0.2, 0.25) is 0 Å². The molecule has 1 nitrogen and oxygen atoms in total. The van der Waals surface area contributed by atoms with Crippen LogP contribution in [0.15, 0.2) is 3.92 Å². The largest absolute Gasteiger partial charge is 0.223 e. The number of thiazole rings is 1. The van der Waals surface area contributed by atoms with Crippen LogP contribution in [0.3, 0.4) is 0 Å². The number of halogens is 2. The van der Waals surface area contributed by atoms with Crippen LogP contribution in [-0.4, -0.2) is 4.98 Å². The van der Waals surface area contributed by atoms with E-state index in [4.69, 9.17) is 0 Å². The van der Waals surface area contributed by atoms with Gasteiger partial charge in [0.15, 0.2) is 3.92 Å². The van der Waals surface area contributed by atoms with Crippen molar-refractivity contribution in [3.8, 4) is 0 Å². The lowest BCUT2D eigenvalue weighted by molar-refractivity contribution is 0.370. The summed E-state index contributed by atoms with van der Waals surface area (Å²) in [7, 11) is 0. The van der Waals surface area contributed by atoms with E-state index in [2.05, 4.69) is 64.3 Å². The quantitative estimate of drug-likeness (QED) is 0.257. The van der Waals surface area contributed by atoms with Crippen LogP contribution in [0.25, 0.3) is 0 Å². The molecule has 20 heavy (non-hydrogen) atoms. The zero-order chi connectivity index (χ0) is 15.0. The Labute approximate surface area is 150 Å². The Kier molecular flexibility index (Phi) is 9.23. The van der Waals surface area contributed by atoms with Crippen molar-refractivity contribution in [1.29, 1.82) is 0 Å². The summed E-state index contributed by atoms with van der Waals surface area (Å²) in [6, 6.07) is 0. The second-order valence-electron chi connectivity index (χ2n) is 5.92. The topological polar surface area (TPSA) is 12.9 Å². The highest BCUT2D eigenvalue weighted by Crippen LogP contribution is 2.42. The molecule has 0 aliphatic heterocycles. The highest BCUT2D eigenvalue weighted by molar-refractivity contribution is 14.1. The van der Waals surface area contributed by atoms with E-state index >= 15 is 0 Å². The number of unbranched alkanes of at least 4 members (excludes halogenated alkanes) is 5. The van der Waals surface area contributed by atoms with Crippen molar-refractivity contribution in [3.63, 3.8) is 0 Å². The number of nitrogens with zero attached hydrogens (tertiary/aromatic N) is 1. The Bertz CT molecular complexity index is 394. The highest BCUT2D eigenvalue weighted by Gasteiger charge is 2.30. The van der Waals surface area contributed by atoms with E-state index in [0.29, 0.717) is 5.41 Å². The molecule has 1 rings (SSSR count). The first-order valence-corrected chi connectivity index (χ1v) is 10.5. The lowest BCUT2D eigenvalue weighted by atomic mass is 9.79. The molecule has 0 radical (unpaired) electrons. The van der Waals surface area contributed by atoms with Gasteiger partial charge in [0.05, 0.1) is 0 Å². The first kappa shape index (κ1) is 18.9. The maximum absolute atomic E-state index is 4.57. The maximum Gasteiger partial charge on any atom is 0.160 e. The summed E-state index contributed by atoms with van der Waals surface area (Å²) in [6.07, 6.45) is 12.0. The van der Waals surface area contributed by atoms with Gasteiger partial charge in [0.1, 0.15) is 3.70 Å². The summed E-state index contributed by atoms with van der Waals surface area (Å²) < 4.78 is 2.24. The number of rotatable bonds is 10. The van der Waals surface area contributed by atoms with Gasteiger partial charge in [0, 0.05) is 10.3 Å². The average Bonchev–Trinajstić information content (AvgIpc) is 2.75. The molecule has 4 heteroatoms. The molecule has 116 valence electrons. The van der Waals surface area contributed by atoms with Gasteiger partial charge in [-0.2, -0.15) is 0 Å². The molecule has 0 fully saturated rings. The van der Waals surface area contributed by atoms with E-state index in [1.807, 2.05) is 11.3 Å². The minimum atomic E-state index is 0.323. The first-order valence-electron chi connectivity index (χ1n) is 7.85. The second kappa shape index (κ2) is 9.78. The third kappa shape index (κ3) is 5.91. The molecule has 0 aliphatic carbocycles. The van der Waals surface area contributed by atoms with Gasteiger partial charge in [-0.1, -0.05) is 65.7 Å². The molecular weight excluding hydrogens is 445 g/mol. The molecule has 1 aromatic heterocycles. The third-order valence-electron chi connectivity index (χ3n) is 4.02. The number of aromatic nitrogens is 1. The number of hydrogen-bond acceptors (Lipinski definition) is 2. The van der Waals surface area contributed by atoms with Crippen molar-refractivity contribution in [2.24, 2.45) is 0 Å². The lowest BCUT2D eigenvalue weighted by Crippen LogP contribution is -2.22. The lowest BCUT2D eigenvalue weighted by Gasteiger charge is -2.29. The van der Waals surface area contributed by atoms with Crippen molar-refractivity contribution < 1.29 is 0 Å². The summed E-state index contributed by atoms with van der Waals surface area (Å²) in [5.74, 6) is 0. The second-order valence-corrected chi connectivity index (χ2v) is 9.21. The molecule has 1 unspecified atom stereocenters. The van der Waals surface area contributed by atoms with Gasteiger partial charge >= 0.3 is 0 Å². The highest BCUT2D eigenvalue weighted by atomic mass is 127. The van der Waals surface area contributed by atoms with Crippen molar-refractivity contribution in [2.45, 2.75) is 84.0 Å². The van der Waals surface area contributed by atoms with Crippen LogP contribution in [0.2, 0.25) is 0 Å². The van der Waals surface area contributed by atoms with E-state index < -0.39 is 0 Å². The Morgan fingerprint density at radius 1 is 1.05 bits per heavy atom. The van der Waals surface area contributed by atoms with E-state index in [-0.39, 0.29) is 0 Å². The SMILES string of the molecule is CCCCCCC(C)(CCCCC)c1sc(Br)nc1I. The Hall–Kier alpha value is 0.840. The fraction of sp³-hybridized carbons (Fsp3) is 0.812. The zero-order valence-electron chi connectivity index (χ0n) is 13.0. The molecule has 0 amide bonds. The van der Waals surface area contributed by atoms with E-state index in [1.165, 1.54) is 66.4 Å². The van der Waals surface area contributed by atoms with Crippen LogP contribution in [0.5, 0.6) is 0 Å². The monoisotopic (exact) mass is 471 g/mol. The molecule has 0 bridgehead atoms. The smallest absolute Gasteiger partial charge is 0.160 e. The molecular formula is C16H27BrINS. The maximum atomic E-state index is 4.57. The molecule has 0 spiro atoms. The predicted octanol–water partition coefficient (Wildman–Crippen LogP) is 7.32. The van der Waals surface area contributed by atoms with Crippen molar-refractivity contribution in [2.75, 3.05) is 0 Å². The zero-order valence-corrected chi connectivity index (χ0v) is 17.5. The van der Waals surface area contributed by atoms with Crippen molar-refractivity contribution in [3.05, 3.63) is 12.5 Å². The number of hydrogen-bond donors (Lipinski definition) is 0. The summed E-state index contributed by atoms with van der Waals surface area (Å²) in [5, 5.41) is 0. The molecule has 1 aromatic rings. The Balaban J connectivity index is 2.74. The Morgan fingerprint density at radius 3 is 2.10 bits per heavy atom. The molecule has 0 aromatic carbocycles. The minimum Gasteiger partial charge on any atom is -0.223 e. The van der Waals surface area contributed by atoms with Gasteiger partial charge in [-0.3, -0.25) is 0 Å². The summed E-state index contributed by atoms with van der Waals surface area (Å²) in [5.41, 5.74) is 0.323. The fourth-order valence-corrected chi connectivity index (χ4v) is 5.97. The average molecular weight is 472 g/mol. The standard InChI is InChI=1S/C16H27BrINS/c1-4-6-8-10-12-16(3,11-9-7-5-2)13-14(18)19-15(17)20-13/h4-12H2,1-3H3. The van der Waals surface area contributed by atoms with Crippen LogP contribution in [0.1, 0.15) is 83.4 Å². The van der Waals surface area contributed by atoms with Gasteiger partial charge in [-0.25, -0.2) is 4.98 Å². The third-order valence-corrected chi connectivity index (χ3v) is 6.98. The molecule has 0 saturated carbocycles. The molecule has 1 atom stereocenters. The van der Waals surface area contributed by atoms with Gasteiger partial charge < -0.3 is 0 Å². The van der Waals surface area contributed by atoms with E-state index in [0.717, 1.165) is 3.92 Å². The molecule has 0 aliphatic rings. The van der Waals surface area contributed by atoms with Gasteiger partial charge in [-0.15, -0.1) is 11.3 Å². The van der Waals surface area contributed by atoms with E-state index in [1.54, 1.807) is 0 Å². The summed E-state index contributed by atoms with van der Waals surface area (Å²) in [6.45, 7) is 7.02. The van der Waals surface area contributed by atoms with Crippen LogP contribution in [-0.2, 0) is 5.41 Å². The summed E-state index contributed by atoms with van der Waals surface area (Å²) in [4.78, 5) is 6.07. The van der Waals surface area contributed by atoms with Crippen molar-refractivity contribution in [1.82, 2.24) is 4.98 Å². The van der Waals surface area contributed by atoms with Crippen LogP contribution >= 0.6 is 49.9 Å². The normalized spacial score (nSPS) is 14.4. The van der Waals surface area contributed by atoms with Crippen LogP contribution in [0, 0.1) is 3.70 Å². The predicted molar refractivity (Wildman–Crippen MR) is 103 cm³/mol. The molecule has 1 heterocycles. The van der Waals surface area contributed by atoms with E-state index in [9.17, 15) is 0 Å². The molecule has 0 N–H and O–H groups in total. The van der Waals surface area contributed by atoms with Crippen LogP contribution < -0.4 is 0 Å². The van der Waals surface area contributed by atoms with Gasteiger partial charge in [-0.05, 0) is 51.4 Å². The Morgan fingerprint density at radius 2 is 1.60 bits per heavy atom. The fourth-order valence-electron chi connectivity index (χ4n) is 2.71. The minimum absolute atomic E-state index is 0.323. The van der Waals surface area contributed by atoms with Gasteiger partial charge in [0.25, 0.3) is 0 Å². The molecule has 0 saturated heterocycles. The first-order chi connectivity index (χ1) is 9.53. The van der Waals surface area contributed by atoms with Crippen molar-refractivity contribution >= 4 is 49.9 Å². The summed E-state index contributed by atoms with van der Waals surface area (Å²) >= 11 is 7.80. The van der Waals surface area contributed by atoms with Crippen LogP contribution in [0.4, 0.5) is 0 Å².